The summed E-state index contributed by atoms with van der Waals surface area (Å²) < 4.78 is 22.8. The zero-order valence-corrected chi connectivity index (χ0v) is 55.6. The van der Waals surface area contributed by atoms with E-state index in [0.29, 0.717) is 12.8 Å². The Hall–Kier alpha value is -3.35. The van der Waals surface area contributed by atoms with E-state index < -0.39 is 86.8 Å². The minimum atomic E-state index is -1.80. The van der Waals surface area contributed by atoms with Crippen molar-refractivity contribution in [3.05, 3.63) is 109 Å². The Kier molecular flexibility index (Phi) is 53.7. The van der Waals surface area contributed by atoms with Crippen molar-refractivity contribution in [3.63, 3.8) is 0 Å². The number of rotatable bonds is 57. The molecule has 2 heterocycles. The summed E-state index contributed by atoms with van der Waals surface area (Å²) in [7, 11) is 0. The third-order valence-electron chi connectivity index (χ3n) is 16.7. The first kappa shape index (κ1) is 81.7. The number of allylic oxidation sites excluding steroid dienone is 17. The summed E-state index contributed by atoms with van der Waals surface area (Å²) in [6.45, 7) is 2.65. The Morgan fingerprint density at radius 1 is 0.416 bits per heavy atom. The minimum Gasteiger partial charge on any atom is -0.394 e. The van der Waals surface area contributed by atoms with E-state index in [1.165, 1.54) is 148 Å². The molecule has 9 N–H and O–H groups in total. The average Bonchev–Trinajstić information content (AvgIpc) is 2.55. The van der Waals surface area contributed by atoms with E-state index in [0.717, 1.165) is 83.5 Å². The Morgan fingerprint density at radius 3 is 1.24 bits per heavy atom. The predicted octanol–water partition coefficient (Wildman–Crippen LogP) is 14.7. The lowest BCUT2D eigenvalue weighted by molar-refractivity contribution is -0.359. The fraction of sp³-hybridized carbons (Fsp3) is 0.747. The maximum atomic E-state index is 13.3. The van der Waals surface area contributed by atoms with Crippen LogP contribution in [0.15, 0.2) is 109 Å². The number of amides is 1. The molecule has 14 nitrogen and oxygen atoms in total. The maximum Gasteiger partial charge on any atom is 0.220 e. The molecular weight excluding hydrogens is 1120 g/mol. The van der Waals surface area contributed by atoms with Crippen LogP contribution in [-0.4, -0.2) is 140 Å². The fourth-order valence-electron chi connectivity index (χ4n) is 11.0. The highest BCUT2D eigenvalue weighted by atomic mass is 16.7. The third-order valence-corrected chi connectivity index (χ3v) is 16.7. The van der Waals surface area contributed by atoms with E-state index >= 15 is 0 Å². The highest BCUT2D eigenvalue weighted by Crippen LogP contribution is 2.30. The molecule has 2 aliphatic heterocycles. The van der Waals surface area contributed by atoms with Crippen molar-refractivity contribution in [1.82, 2.24) is 5.32 Å². The van der Waals surface area contributed by atoms with Gasteiger partial charge in [-0.3, -0.25) is 4.79 Å². The van der Waals surface area contributed by atoms with Crippen molar-refractivity contribution >= 4 is 5.91 Å². The van der Waals surface area contributed by atoms with Gasteiger partial charge in [0.2, 0.25) is 5.91 Å². The first-order chi connectivity index (χ1) is 43.6. The molecule has 0 bridgehead atoms. The SMILES string of the molecule is CC/C=C\C/C=C\C/C=C\C/C=C\C/C=C\C/C=C\CCCCCCCCCCCCCCCCCCCCCCC(=O)NC(COC1OC(CO)C(OC2OC(CO)C(O)C(O)C2O)C(O)C1O)C(O)/C=C/CC/C=C/CC/C=C/CCCCCCCC. The van der Waals surface area contributed by atoms with Crippen LogP contribution in [0.1, 0.15) is 264 Å². The topological polar surface area (TPSA) is 228 Å². The number of unbranched alkanes of at least 4 members (excludes halogenated alkanes) is 28. The summed E-state index contributed by atoms with van der Waals surface area (Å²) in [5.74, 6) is -0.254. The molecule has 0 saturated carbocycles. The van der Waals surface area contributed by atoms with Crippen molar-refractivity contribution in [2.75, 3.05) is 19.8 Å². The van der Waals surface area contributed by atoms with Crippen LogP contribution >= 0.6 is 0 Å². The quantitative estimate of drug-likeness (QED) is 0.0204. The number of aliphatic hydroxyl groups is 8. The van der Waals surface area contributed by atoms with Gasteiger partial charge < -0.3 is 65.1 Å². The Balaban J connectivity index is 1.60. The molecule has 2 saturated heterocycles. The van der Waals surface area contributed by atoms with Gasteiger partial charge in [-0.15, -0.1) is 0 Å². The molecule has 512 valence electrons. The second-order valence-electron chi connectivity index (χ2n) is 24.6. The minimum absolute atomic E-state index is 0.254. The standard InChI is InChI=1S/C75H129NO13/c1-3-5-7-9-11-13-15-17-19-21-22-23-24-25-26-27-28-29-30-31-32-33-34-35-36-37-38-39-40-41-42-43-45-47-49-51-53-55-57-59-67(80)76-63(64(79)58-56-54-52-50-48-46-44-20-18-16-14-12-10-8-6-4-2)62-86-74-72(85)70(83)73(66(61-78)88-74)89-75-71(84)69(82)68(81)65(60-77)87-75/h5,7,11,13,17-20,22-23,25-26,28-29,48,50,56,58,63-66,68-75,77-79,81-85H,3-4,6,8-10,12,14-16,21,24,27,30-47,49,51-55,57,59-62H2,1-2H3,(H,76,80)/b7-5-,13-11-,19-17-,20-18+,23-22-,26-25-,29-28-,50-48+,58-56+. The van der Waals surface area contributed by atoms with Crippen molar-refractivity contribution in [2.24, 2.45) is 0 Å². The van der Waals surface area contributed by atoms with Crippen LogP contribution in [0.25, 0.3) is 0 Å². The Bertz CT molecular complexity index is 1910. The summed E-state index contributed by atoms with van der Waals surface area (Å²) in [5.41, 5.74) is 0. The molecule has 0 aliphatic carbocycles. The molecule has 0 spiro atoms. The lowest BCUT2D eigenvalue weighted by atomic mass is 9.97. The van der Waals surface area contributed by atoms with Gasteiger partial charge in [0.05, 0.1) is 32.0 Å². The van der Waals surface area contributed by atoms with Gasteiger partial charge in [0.25, 0.3) is 0 Å². The summed E-state index contributed by atoms with van der Waals surface area (Å²) in [4.78, 5) is 13.3. The smallest absolute Gasteiger partial charge is 0.220 e. The van der Waals surface area contributed by atoms with Crippen molar-refractivity contribution in [3.8, 4) is 0 Å². The van der Waals surface area contributed by atoms with Crippen molar-refractivity contribution < 1.29 is 64.6 Å². The Morgan fingerprint density at radius 2 is 0.787 bits per heavy atom. The lowest BCUT2D eigenvalue weighted by Crippen LogP contribution is -2.65. The number of ether oxygens (including phenoxy) is 4. The van der Waals surface area contributed by atoms with Crippen molar-refractivity contribution in [1.29, 1.82) is 0 Å². The van der Waals surface area contributed by atoms with Gasteiger partial charge in [-0.2, -0.15) is 0 Å². The predicted molar refractivity (Wildman–Crippen MR) is 364 cm³/mol. The lowest BCUT2D eigenvalue weighted by Gasteiger charge is -2.46. The third kappa shape index (κ3) is 42.5. The maximum absolute atomic E-state index is 13.3. The Labute approximate surface area is 540 Å². The first-order valence-corrected chi connectivity index (χ1v) is 35.6. The molecule has 14 heteroatoms. The molecular formula is C75H129NO13. The molecule has 0 aromatic heterocycles. The van der Waals surface area contributed by atoms with Crippen LogP contribution in [0.3, 0.4) is 0 Å². The number of carbonyl (C=O) groups is 1. The second kappa shape index (κ2) is 58.5. The van der Waals surface area contributed by atoms with Crippen LogP contribution in [-0.2, 0) is 23.7 Å². The van der Waals surface area contributed by atoms with Gasteiger partial charge in [-0.25, -0.2) is 0 Å². The van der Waals surface area contributed by atoms with Gasteiger partial charge in [-0.1, -0.05) is 271 Å². The molecule has 12 unspecified atom stereocenters. The molecule has 0 aromatic rings. The van der Waals surface area contributed by atoms with E-state index in [2.05, 4.69) is 116 Å². The fourth-order valence-corrected chi connectivity index (χ4v) is 11.0. The van der Waals surface area contributed by atoms with E-state index in [4.69, 9.17) is 18.9 Å². The average molecular weight is 1250 g/mol. The molecule has 2 aliphatic rings. The zero-order chi connectivity index (χ0) is 64.5. The van der Waals surface area contributed by atoms with Gasteiger partial charge in [0.15, 0.2) is 12.6 Å². The van der Waals surface area contributed by atoms with Gasteiger partial charge in [0.1, 0.15) is 48.8 Å². The monoisotopic (exact) mass is 1250 g/mol. The van der Waals surface area contributed by atoms with Crippen LogP contribution in [0.4, 0.5) is 0 Å². The summed E-state index contributed by atoms with van der Waals surface area (Å²) in [6.07, 6.45) is 67.3. The van der Waals surface area contributed by atoms with Gasteiger partial charge >= 0.3 is 0 Å². The largest absolute Gasteiger partial charge is 0.394 e. The van der Waals surface area contributed by atoms with Crippen LogP contribution in [0, 0.1) is 0 Å². The van der Waals surface area contributed by atoms with E-state index in [1.54, 1.807) is 6.08 Å². The highest BCUT2D eigenvalue weighted by molar-refractivity contribution is 5.76. The van der Waals surface area contributed by atoms with Gasteiger partial charge in [-0.05, 0) is 96.3 Å². The molecule has 2 fully saturated rings. The van der Waals surface area contributed by atoms with E-state index in [-0.39, 0.29) is 18.9 Å². The summed E-state index contributed by atoms with van der Waals surface area (Å²) in [6, 6.07) is -0.942. The van der Waals surface area contributed by atoms with E-state index in [1.807, 2.05) is 6.08 Å². The summed E-state index contributed by atoms with van der Waals surface area (Å²) in [5, 5.41) is 87.3. The molecule has 1 amide bonds. The molecule has 89 heavy (non-hydrogen) atoms. The van der Waals surface area contributed by atoms with Crippen LogP contribution in [0.5, 0.6) is 0 Å². The normalized spacial score (nSPS) is 23.7. The van der Waals surface area contributed by atoms with Crippen molar-refractivity contribution in [2.45, 2.75) is 338 Å². The molecule has 2 rings (SSSR count). The number of aliphatic hydroxyl groups excluding tert-OH is 8. The van der Waals surface area contributed by atoms with E-state index in [9.17, 15) is 45.6 Å². The molecule has 0 aromatic carbocycles. The summed E-state index contributed by atoms with van der Waals surface area (Å²) >= 11 is 0. The first-order valence-electron chi connectivity index (χ1n) is 35.6. The molecule has 12 atom stereocenters. The number of nitrogens with one attached hydrogen (secondary N) is 1. The highest BCUT2D eigenvalue weighted by Gasteiger charge is 2.51. The van der Waals surface area contributed by atoms with Gasteiger partial charge in [0, 0.05) is 6.42 Å². The van der Waals surface area contributed by atoms with Crippen LogP contribution < -0.4 is 5.32 Å². The molecule has 0 radical (unpaired) electrons. The van der Waals surface area contributed by atoms with Crippen LogP contribution in [0.2, 0.25) is 0 Å². The second-order valence-corrected chi connectivity index (χ2v) is 24.6. The number of hydrogen-bond donors (Lipinski definition) is 9. The zero-order valence-electron chi connectivity index (χ0n) is 55.6. The number of carbonyl (C=O) groups excluding carboxylic acids is 1. The number of hydrogen-bond acceptors (Lipinski definition) is 13.